The molecule has 0 saturated heterocycles. The van der Waals surface area contributed by atoms with Gasteiger partial charge in [0.05, 0.1) is 12.2 Å². The van der Waals surface area contributed by atoms with Crippen LogP contribution in [0, 0.1) is 0 Å². The van der Waals surface area contributed by atoms with E-state index in [-0.39, 0.29) is 5.41 Å². The van der Waals surface area contributed by atoms with E-state index in [0.29, 0.717) is 6.54 Å². The minimum absolute atomic E-state index is 0.0182. The van der Waals surface area contributed by atoms with Gasteiger partial charge in [-0.25, -0.2) is 0 Å². The number of nitrogens with zero attached hydrogens (tertiary/aromatic N) is 2. The number of hydrogen-bond donors (Lipinski definition) is 3. The maximum Gasteiger partial charge on any atom is 0.102 e. The molecule has 3 N–H and O–H groups in total. The molecule has 0 saturated carbocycles. The lowest BCUT2D eigenvalue weighted by Crippen LogP contribution is -2.17. The molecule has 0 unspecified atom stereocenters. The zero-order valence-electron chi connectivity index (χ0n) is 7.55. The highest BCUT2D eigenvalue weighted by atomic mass is 16.5. The van der Waals surface area contributed by atoms with Gasteiger partial charge in [0.15, 0.2) is 0 Å². The first-order chi connectivity index (χ1) is 5.55. The van der Waals surface area contributed by atoms with Crippen molar-refractivity contribution in [3.63, 3.8) is 0 Å². The Hall–Kier alpha value is -0.940. The molecule has 1 aromatic rings. The first kappa shape index (κ1) is 9.15. The van der Waals surface area contributed by atoms with Crippen LogP contribution in [-0.2, 0) is 12.0 Å². The van der Waals surface area contributed by atoms with E-state index >= 15 is 0 Å². The zero-order chi connectivity index (χ0) is 9.19. The van der Waals surface area contributed by atoms with Crippen molar-refractivity contribution in [2.24, 2.45) is 0 Å². The van der Waals surface area contributed by atoms with Crippen molar-refractivity contribution < 1.29 is 5.21 Å². The normalized spacial score (nSPS) is 12.0. The summed E-state index contributed by atoms with van der Waals surface area (Å²) in [6.45, 7) is 6.50. The van der Waals surface area contributed by atoms with E-state index in [2.05, 4.69) is 41.7 Å². The molecule has 1 rings (SSSR count). The Morgan fingerprint density at radius 1 is 1.50 bits per heavy atom. The van der Waals surface area contributed by atoms with Gasteiger partial charge in [0.2, 0.25) is 0 Å². The smallest absolute Gasteiger partial charge is 0.102 e. The topological polar surface area (TPSA) is 73.8 Å². The van der Waals surface area contributed by atoms with E-state index in [1.165, 1.54) is 0 Å². The highest BCUT2D eigenvalue weighted by Crippen LogP contribution is 2.21. The standard InChI is InChI=1S/C7H14N4O/c1-7(2,3)6-5(4-8-12)9-11-10-6/h8,12H,4H2,1-3H3,(H,9,10,11). The predicted octanol–water partition coefficient (Wildman–Crippen LogP) is 0.581. The average molecular weight is 170 g/mol. The second-order valence-corrected chi connectivity index (χ2v) is 3.72. The minimum Gasteiger partial charge on any atom is -0.316 e. The second-order valence-electron chi connectivity index (χ2n) is 3.72. The number of hydroxylamine groups is 1. The number of nitrogens with one attached hydrogen (secondary N) is 2. The van der Waals surface area contributed by atoms with Crippen LogP contribution >= 0.6 is 0 Å². The van der Waals surface area contributed by atoms with Crippen LogP contribution in [0.3, 0.4) is 0 Å². The van der Waals surface area contributed by atoms with Gasteiger partial charge in [0.1, 0.15) is 5.69 Å². The molecule has 5 nitrogen and oxygen atoms in total. The molecular weight excluding hydrogens is 156 g/mol. The Kier molecular flexibility index (Phi) is 2.44. The van der Waals surface area contributed by atoms with E-state index in [4.69, 9.17) is 5.21 Å². The van der Waals surface area contributed by atoms with Gasteiger partial charge in [-0.15, -0.1) is 5.10 Å². The van der Waals surface area contributed by atoms with Gasteiger partial charge < -0.3 is 5.21 Å². The Labute approximate surface area is 71.1 Å². The molecule has 68 valence electrons. The zero-order valence-corrected chi connectivity index (χ0v) is 7.55. The number of aromatic amines is 1. The van der Waals surface area contributed by atoms with Gasteiger partial charge >= 0.3 is 0 Å². The van der Waals surface area contributed by atoms with Crippen LogP contribution in [0.5, 0.6) is 0 Å². The molecule has 0 radical (unpaired) electrons. The molecule has 5 heteroatoms. The quantitative estimate of drug-likeness (QED) is 0.568. The van der Waals surface area contributed by atoms with E-state index in [1.54, 1.807) is 0 Å². The SMILES string of the molecule is CC(C)(C)c1[nH]nnc1CNO. The van der Waals surface area contributed by atoms with Gasteiger partial charge in [-0.2, -0.15) is 5.48 Å². The Morgan fingerprint density at radius 2 is 2.17 bits per heavy atom. The van der Waals surface area contributed by atoms with Crippen LogP contribution in [0.25, 0.3) is 0 Å². The van der Waals surface area contributed by atoms with Crippen molar-refractivity contribution in [2.75, 3.05) is 0 Å². The van der Waals surface area contributed by atoms with Crippen LogP contribution in [0.15, 0.2) is 0 Å². The summed E-state index contributed by atoms with van der Waals surface area (Å²) in [5.74, 6) is 0. The molecule has 0 aliphatic heterocycles. The summed E-state index contributed by atoms with van der Waals surface area (Å²) in [7, 11) is 0. The molecule has 0 atom stereocenters. The van der Waals surface area contributed by atoms with Crippen molar-refractivity contribution in [2.45, 2.75) is 32.7 Å². The highest BCUT2D eigenvalue weighted by Gasteiger charge is 2.20. The number of rotatable bonds is 2. The molecular formula is C7H14N4O. The molecule has 0 amide bonds. The van der Waals surface area contributed by atoms with Gasteiger partial charge in [-0.3, -0.25) is 5.10 Å². The first-order valence-electron chi connectivity index (χ1n) is 3.83. The lowest BCUT2D eigenvalue weighted by molar-refractivity contribution is 0.159. The van der Waals surface area contributed by atoms with Crippen LogP contribution in [0.4, 0.5) is 0 Å². The molecule has 12 heavy (non-hydrogen) atoms. The Morgan fingerprint density at radius 3 is 2.67 bits per heavy atom. The van der Waals surface area contributed by atoms with Crippen LogP contribution in [0.1, 0.15) is 32.2 Å². The molecule has 0 aromatic carbocycles. The fourth-order valence-electron chi connectivity index (χ4n) is 1.05. The van der Waals surface area contributed by atoms with Crippen molar-refractivity contribution in [1.29, 1.82) is 0 Å². The van der Waals surface area contributed by atoms with Crippen LogP contribution in [0.2, 0.25) is 0 Å². The molecule has 0 fully saturated rings. The molecule has 0 bridgehead atoms. The fourth-order valence-corrected chi connectivity index (χ4v) is 1.05. The summed E-state index contributed by atoms with van der Waals surface area (Å²) < 4.78 is 0. The third-order valence-corrected chi connectivity index (χ3v) is 1.62. The van der Waals surface area contributed by atoms with E-state index in [0.717, 1.165) is 11.4 Å². The molecule has 1 aromatic heterocycles. The van der Waals surface area contributed by atoms with E-state index < -0.39 is 0 Å². The van der Waals surface area contributed by atoms with E-state index in [9.17, 15) is 0 Å². The number of aromatic nitrogens is 3. The van der Waals surface area contributed by atoms with Gasteiger partial charge in [0, 0.05) is 5.41 Å². The summed E-state index contributed by atoms with van der Waals surface area (Å²) in [4.78, 5) is 0. The highest BCUT2D eigenvalue weighted by molar-refractivity contribution is 5.17. The third kappa shape index (κ3) is 1.80. The lowest BCUT2D eigenvalue weighted by atomic mass is 9.91. The first-order valence-corrected chi connectivity index (χ1v) is 3.83. The Bertz CT molecular complexity index is 250. The predicted molar refractivity (Wildman–Crippen MR) is 43.7 cm³/mol. The summed E-state index contributed by atoms with van der Waals surface area (Å²) >= 11 is 0. The summed E-state index contributed by atoms with van der Waals surface area (Å²) in [5.41, 5.74) is 3.74. The molecule has 0 spiro atoms. The monoisotopic (exact) mass is 170 g/mol. The Balaban J connectivity index is 2.91. The number of H-pyrrole nitrogens is 1. The molecule has 1 heterocycles. The third-order valence-electron chi connectivity index (χ3n) is 1.62. The average Bonchev–Trinajstić information content (AvgIpc) is 2.34. The molecule has 0 aliphatic carbocycles. The maximum atomic E-state index is 8.50. The van der Waals surface area contributed by atoms with Crippen molar-refractivity contribution in [3.8, 4) is 0 Å². The van der Waals surface area contributed by atoms with Gasteiger partial charge in [0.25, 0.3) is 0 Å². The summed E-state index contributed by atoms with van der Waals surface area (Å²) in [6, 6.07) is 0. The van der Waals surface area contributed by atoms with E-state index in [1.807, 2.05) is 0 Å². The van der Waals surface area contributed by atoms with Crippen LogP contribution < -0.4 is 5.48 Å². The maximum absolute atomic E-state index is 8.50. The van der Waals surface area contributed by atoms with Crippen molar-refractivity contribution in [3.05, 3.63) is 11.4 Å². The van der Waals surface area contributed by atoms with Crippen molar-refractivity contribution in [1.82, 2.24) is 20.9 Å². The summed E-state index contributed by atoms with van der Waals surface area (Å²) in [5, 5.41) is 18.8. The minimum atomic E-state index is -0.0182. The molecule has 0 aliphatic rings. The van der Waals surface area contributed by atoms with Gasteiger partial charge in [-0.1, -0.05) is 26.0 Å². The number of hydrogen-bond acceptors (Lipinski definition) is 4. The largest absolute Gasteiger partial charge is 0.316 e. The van der Waals surface area contributed by atoms with Crippen molar-refractivity contribution >= 4 is 0 Å². The summed E-state index contributed by atoms with van der Waals surface area (Å²) in [6.07, 6.45) is 0. The second kappa shape index (κ2) is 3.20. The van der Waals surface area contributed by atoms with Gasteiger partial charge in [-0.05, 0) is 0 Å². The fraction of sp³-hybridized carbons (Fsp3) is 0.714. The van der Waals surface area contributed by atoms with Crippen LogP contribution in [-0.4, -0.2) is 20.6 Å². The lowest BCUT2D eigenvalue weighted by Gasteiger charge is -2.16.